The summed E-state index contributed by atoms with van der Waals surface area (Å²) in [6, 6.07) is 5.92. The van der Waals surface area contributed by atoms with Crippen molar-refractivity contribution in [2.45, 2.75) is 26.2 Å². The van der Waals surface area contributed by atoms with E-state index in [4.69, 9.17) is 42.5 Å². The highest BCUT2D eigenvalue weighted by Crippen LogP contribution is 2.25. The summed E-state index contributed by atoms with van der Waals surface area (Å²) in [5, 5.41) is 32.0. The number of carboxylic acid groups (broad SMARTS) is 4. The molecular formula is C24H33ClN2O9. The standard InChI is InChI=1S/C16H25ClN2O.2C4H4O4/c1-2-9-20-16-4-3-15(17)10-14(16)6-8-19-7-5-13(11-18)12-19;2*5-3(6)1-2-4(7)8/h3-4,10,13H,2,5-9,11-12,18H2,1H3;2*1-2H,(H,5,6)(H,7,8)/b;2*2-1+/t13-;;/m0../s1. The fourth-order valence-corrected chi connectivity index (χ4v) is 3.16. The molecule has 0 radical (unpaired) electrons. The fraction of sp³-hybridized carbons (Fsp3) is 0.417. The van der Waals surface area contributed by atoms with Crippen molar-refractivity contribution in [1.29, 1.82) is 0 Å². The number of halogens is 1. The van der Waals surface area contributed by atoms with Gasteiger partial charge in [-0.3, -0.25) is 0 Å². The van der Waals surface area contributed by atoms with Crippen LogP contribution in [0.1, 0.15) is 25.3 Å². The summed E-state index contributed by atoms with van der Waals surface area (Å²) in [5.74, 6) is -3.38. The van der Waals surface area contributed by atoms with E-state index in [0.29, 0.717) is 30.2 Å². The van der Waals surface area contributed by atoms with Crippen molar-refractivity contribution in [3.05, 3.63) is 53.1 Å². The summed E-state index contributed by atoms with van der Waals surface area (Å²) < 4.78 is 5.80. The fourth-order valence-electron chi connectivity index (χ4n) is 2.97. The Balaban J connectivity index is 0.000000634. The van der Waals surface area contributed by atoms with Crippen LogP contribution in [0.2, 0.25) is 5.02 Å². The predicted octanol–water partition coefficient (Wildman–Crippen LogP) is 2.38. The number of carboxylic acids is 4. The van der Waals surface area contributed by atoms with Crippen LogP contribution in [0.3, 0.4) is 0 Å². The highest BCUT2D eigenvalue weighted by Gasteiger charge is 2.21. The molecule has 0 bridgehead atoms. The Labute approximate surface area is 214 Å². The van der Waals surface area contributed by atoms with Gasteiger partial charge in [-0.05, 0) is 62.0 Å². The van der Waals surface area contributed by atoms with Crippen LogP contribution in [0.4, 0.5) is 0 Å². The second kappa shape index (κ2) is 18.9. The zero-order valence-electron chi connectivity index (χ0n) is 20.0. The second-order valence-electron chi connectivity index (χ2n) is 7.56. The number of nitrogens with two attached hydrogens (primary N) is 1. The number of hydrogen-bond donors (Lipinski definition) is 5. The molecule has 1 saturated heterocycles. The van der Waals surface area contributed by atoms with Crippen LogP contribution >= 0.6 is 11.6 Å². The van der Waals surface area contributed by atoms with Crippen LogP contribution < -0.4 is 10.5 Å². The third-order valence-corrected chi connectivity index (χ3v) is 4.86. The first kappa shape index (κ1) is 32.6. The van der Waals surface area contributed by atoms with Crippen molar-refractivity contribution in [1.82, 2.24) is 4.90 Å². The van der Waals surface area contributed by atoms with E-state index >= 15 is 0 Å². The largest absolute Gasteiger partial charge is 0.493 e. The van der Waals surface area contributed by atoms with Gasteiger partial charge in [-0.1, -0.05) is 18.5 Å². The van der Waals surface area contributed by atoms with Crippen LogP contribution in [0, 0.1) is 5.92 Å². The van der Waals surface area contributed by atoms with Gasteiger partial charge in [0.15, 0.2) is 0 Å². The summed E-state index contributed by atoms with van der Waals surface area (Å²) in [4.78, 5) is 40.7. The number of benzene rings is 1. The number of rotatable bonds is 11. The van der Waals surface area contributed by atoms with Crippen LogP contribution in [0.25, 0.3) is 0 Å². The number of ether oxygens (including phenoxy) is 1. The lowest BCUT2D eigenvalue weighted by molar-refractivity contribution is -0.134. The van der Waals surface area contributed by atoms with E-state index in [0.717, 1.165) is 56.4 Å². The molecule has 1 atom stereocenters. The van der Waals surface area contributed by atoms with Crippen LogP contribution in [0.5, 0.6) is 5.75 Å². The third-order valence-electron chi connectivity index (χ3n) is 4.62. The lowest BCUT2D eigenvalue weighted by Gasteiger charge is -2.17. The predicted molar refractivity (Wildman–Crippen MR) is 133 cm³/mol. The molecule has 11 nitrogen and oxygen atoms in total. The molecule has 12 heteroatoms. The van der Waals surface area contributed by atoms with Crippen molar-refractivity contribution < 1.29 is 44.3 Å². The molecule has 1 heterocycles. The smallest absolute Gasteiger partial charge is 0.328 e. The van der Waals surface area contributed by atoms with Crippen molar-refractivity contribution in [3.63, 3.8) is 0 Å². The van der Waals surface area contributed by atoms with Gasteiger partial charge >= 0.3 is 23.9 Å². The molecule has 6 N–H and O–H groups in total. The average molecular weight is 529 g/mol. The zero-order chi connectivity index (χ0) is 27.5. The minimum absolute atomic E-state index is 0.558. The van der Waals surface area contributed by atoms with Crippen molar-refractivity contribution in [2.75, 3.05) is 32.8 Å². The summed E-state index contributed by atoms with van der Waals surface area (Å²) in [7, 11) is 0. The third kappa shape index (κ3) is 17.1. The minimum Gasteiger partial charge on any atom is -0.493 e. The quantitative estimate of drug-likeness (QED) is 0.265. The van der Waals surface area contributed by atoms with Gasteiger partial charge in [0.2, 0.25) is 0 Å². The Bertz CT molecular complexity index is 853. The molecule has 2 rings (SSSR count). The maximum Gasteiger partial charge on any atom is 0.328 e. The Hall–Kier alpha value is -3.41. The molecule has 1 aromatic carbocycles. The van der Waals surface area contributed by atoms with E-state index in [1.165, 1.54) is 12.0 Å². The molecule has 36 heavy (non-hydrogen) atoms. The van der Waals surface area contributed by atoms with E-state index in [1.54, 1.807) is 0 Å². The van der Waals surface area contributed by atoms with E-state index in [9.17, 15) is 19.2 Å². The highest BCUT2D eigenvalue weighted by molar-refractivity contribution is 6.30. The SMILES string of the molecule is CCCOc1ccc(Cl)cc1CCN1CC[C@@H](CN)C1.O=C(O)/C=C/C(=O)O.O=C(O)/C=C/C(=O)O. The van der Waals surface area contributed by atoms with Crippen LogP contribution in [0.15, 0.2) is 42.5 Å². The van der Waals surface area contributed by atoms with Gasteiger partial charge in [0.1, 0.15) is 5.75 Å². The van der Waals surface area contributed by atoms with E-state index in [-0.39, 0.29) is 0 Å². The molecule has 1 fully saturated rings. The molecule has 0 aliphatic carbocycles. The molecule has 0 unspecified atom stereocenters. The normalized spacial score (nSPS) is 15.0. The van der Waals surface area contributed by atoms with Crippen molar-refractivity contribution >= 4 is 35.5 Å². The van der Waals surface area contributed by atoms with Gasteiger partial charge in [-0.15, -0.1) is 0 Å². The number of likely N-dealkylation sites (tertiary alicyclic amines) is 1. The van der Waals surface area contributed by atoms with Crippen LogP contribution in [-0.2, 0) is 25.6 Å². The molecule has 0 amide bonds. The molecule has 1 aliphatic heterocycles. The molecular weight excluding hydrogens is 496 g/mol. The Morgan fingerprint density at radius 1 is 1.03 bits per heavy atom. The van der Waals surface area contributed by atoms with Gasteiger partial charge in [-0.2, -0.15) is 0 Å². The van der Waals surface area contributed by atoms with Gasteiger partial charge in [0.25, 0.3) is 0 Å². The second-order valence-corrected chi connectivity index (χ2v) is 8.00. The number of nitrogens with zero attached hydrogens (tertiary/aromatic N) is 1. The van der Waals surface area contributed by atoms with E-state index in [2.05, 4.69) is 11.8 Å². The first-order valence-corrected chi connectivity index (χ1v) is 11.5. The summed E-state index contributed by atoms with van der Waals surface area (Å²) in [6.45, 7) is 7.02. The lowest BCUT2D eigenvalue weighted by Crippen LogP contribution is -2.25. The summed E-state index contributed by atoms with van der Waals surface area (Å²) in [5.41, 5.74) is 6.95. The highest BCUT2D eigenvalue weighted by atomic mass is 35.5. The number of carbonyl (C=O) groups is 4. The topological polar surface area (TPSA) is 188 Å². The average Bonchev–Trinajstić information content (AvgIpc) is 3.28. The van der Waals surface area contributed by atoms with Gasteiger partial charge < -0.3 is 35.8 Å². The Morgan fingerprint density at radius 3 is 1.97 bits per heavy atom. The van der Waals surface area contributed by atoms with Crippen molar-refractivity contribution in [2.24, 2.45) is 11.7 Å². The summed E-state index contributed by atoms with van der Waals surface area (Å²) in [6.07, 6.45) is 5.46. The molecule has 0 spiro atoms. The maximum absolute atomic E-state index is 9.55. The van der Waals surface area contributed by atoms with Gasteiger partial charge in [0, 0.05) is 42.4 Å². The molecule has 1 aromatic rings. The monoisotopic (exact) mass is 528 g/mol. The van der Waals surface area contributed by atoms with Crippen molar-refractivity contribution in [3.8, 4) is 5.75 Å². The first-order chi connectivity index (χ1) is 17.0. The first-order valence-electron chi connectivity index (χ1n) is 11.1. The minimum atomic E-state index is -1.26. The molecule has 200 valence electrons. The molecule has 0 aromatic heterocycles. The van der Waals surface area contributed by atoms with Gasteiger partial charge in [0.05, 0.1) is 6.61 Å². The number of hydrogen-bond acceptors (Lipinski definition) is 7. The molecule has 0 saturated carbocycles. The van der Waals surface area contributed by atoms with Crippen LogP contribution in [-0.4, -0.2) is 82.0 Å². The molecule has 1 aliphatic rings. The summed E-state index contributed by atoms with van der Waals surface area (Å²) >= 11 is 6.11. The number of aliphatic carboxylic acids is 4. The maximum atomic E-state index is 9.55. The Kier molecular flexibility index (Phi) is 17.1. The lowest BCUT2D eigenvalue weighted by atomic mass is 10.1. The van der Waals surface area contributed by atoms with E-state index < -0.39 is 23.9 Å². The van der Waals surface area contributed by atoms with Gasteiger partial charge in [-0.25, -0.2) is 19.2 Å². The Morgan fingerprint density at radius 2 is 1.56 bits per heavy atom. The van der Waals surface area contributed by atoms with E-state index in [1.807, 2.05) is 18.2 Å². The zero-order valence-corrected chi connectivity index (χ0v) is 20.8.